The van der Waals surface area contributed by atoms with E-state index in [1.165, 1.54) is 0 Å². The summed E-state index contributed by atoms with van der Waals surface area (Å²) in [5.74, 6) is 0.412. The van der Waals surface area contributed by atoms with Crippen molar-refractivity contribution in [1.29, 1.82) is 0 Å². The number of benzene rings is 1. The number of nitrogens with zero attached hydrogens (tertiary/aromatic N) is 1. The van der Waals surface area contributed by atoms with Gasteiger partial charge in [-0.25, -0.2) is 4.98 Å². The molecule has 0 saturated heterocycles. The highest BCUT2D eigenvalue weighted by Crippen LogP contribution is 2.41. The second-order valence-electron chi connectivity index (χ2n) is 4.66. The van der Waals surface area contributed by atoms with E-state index < -0.39 is 0 Å². The fourth-order valence-corrected chi connectivity index (χ4v) is 3.43. The van der Waals surface area contributed by atoms with Crippen LogP contribution in [-0.2, 0) is 0 Å². The molecule has 0 unspecified atom stereocenters. The number of nitrogen functional groups attached to an aromatic ring is 1. The van der Waals surface area contributed by atoms with Crippen LogP contribution in [0.2, 0.25) is 5.02 Å². The molecule has 0 atom stereocenters. The number of aliphatic hydroxyl groups is 1. The normalized spacial score (nSPS) is 22.8. The molecule has 2 aromatic rings. The first-order valence-corrected chi connectivity index (χ1v) is 7.01. The Bertz CT molecular complexity index is 558. The quantitative estimate of drug-likeness (QED) is 0.830. The fourth-order valence-electron chi connectivity index (χ4n) is 2.15. The van der Waals surface area contributed by atoms with Crippen molar-refractivity contribution in [2.75, 3.05) is 5.73 Å². The average molecular weight is 281 g/mol. The van der Waals surface area contributed by atoms with E-state index in [0.29, 0.717) is 16.6 Å². The number of halogens is 1. The molecule has 1 heterocycles. The Morgan fingerprint density at radius 3 is 2.78 bits per heavy atom. The largest absolute Gasteiger partial charge is 0.399 e. The molecule has 1 aromatic heterocycles. The van der Waals surface area contributed by atoms with Gasteiger partial charge in [-0.2, -0.15) is 0 Å². The van der Waals surface area contributed by atoms with Gasteiger partial charge in [0.1, 0.15) is 0 Å². The molecule has 1 aliphatic rings. The van der Waals surface area contributed by atoms with E-state index in [2.05, 4.69) is 4.98 Å². The van der Waals surface area contributed by atoms with Crippen LogP contribution in [0.3, 0.4) is 0 Å². The summed E-state index contributed by atoms with van der Waals surface area (Å²) in [5, 5.41) is 11.0. The van der Waals surface area contributed by atoms with Crippen LogP contribution in [0.4, 0.5) is 5.69 Å². The number of anilines is 1. The minimum Gasteiger partial charge on any atom is -0.399 e. The van der Waals surface area contributed by atoms with E-state index in [1.54, 1.807) is 17.4 Å². The maximum atomic E-state index is 9.32. The first-order chi connectivity index (χ1) is 8.61. The summed E-state index contributed by atoms with van der Waals surface area (Å²) in [4.78, 5) is 5.50. The van der Waals surface area contributed by atoms with Gasteiger partial charge in [0.05, 0.1) is 16.0 Å². The minimum absolute atomic E-state index is 0.149. The molecule has 1 aromatic carbocycles. The molecule has 1 aliphatic carbocycles. The molecule has 5 heteroatoms. The fraction of sp³-hybridized carbons (Fsp3) is 0.308. The van der Waals surface area contributed by atoms with Gasteiger partial charge in [0.15, 0.2) is 0 Å². The monoisotopic (exact) mass is 280 g/mol. The molecule has 1 fully saturated rings. The van der Waals surface area contributed by atoms with Gasteiger partial charge in [-0.1, -0.05) is 11.6 Å². The van der Waals surface area contributed by atoms with Crippen molar-refractivity contribution in [3.8, 4) is 10.4 Å². The number of thiazole rings is 1. The standard InChI is InChI=1S/C13H13ClN2OS/c14-9-1-7(2-10(15)5-9)12-6-16-13(18-12)8-3-11(17)4-8/h1-2,5-6,8,11,17H,3-4,15H2. The molecule has 3 rings (SSSR count). The zero-order chi connectivity index (χ0) is 12.7. The summed E-state index contributed by atoms with van der Waals surface area (Å²) >= 11 is 7.65. The van der Waals surface area contributed by atoms with Crippen molar-refractivity contribution in [1.82, 2.24) is 4.98 Å². The Morgan fingerprint density at radius 1 is 1.33 bits per heavy atom. The van der Waals surface area contributed by atoms with Crippen LogP contribution in [0, 0.1) is 0 Å². The molecule has 3 N–H and O–H groups in total. The highest BCUT2D eigenvalue weighted by Gasteiger charge is 2.30. The summed E-state index contributed by atoms with van der Waals surface area (Å²) in [5.41, 5.74) is 7.45. The lowest BCUT2D eigenvalue weighted by Gasteiger charge is -2.29. The van der Waals surface area contributed by atoms with Gasteiger partial charge < -0.3 is 10.8 Å². The van der Waals surface area contributed by atoms with Crippen LogP contribution in [0.5, 0.6) is 0 Å². The van der Waals surface area contributed by atoms with Crippen molar-refractivity contribution in [2.24, 2.45) is 0 Å². The molecule has 0 spiro atoms. The van der Waals surface area contributed by atoms with Crippen molar-refractivity contribution in [3.05, 3.63) is 34.4 Å². The number of nitrogens with two attached hydrogens (primary N) is 1. The molecule has 0 aliphatic heterocycles. The van der Waals surface area contributed by atoms with E-state index in [9.17, 15) is 5.11 Å². The third-order valence-electron chi connectivity index (χ3n) is 3.19. The van der Waals surface area contributed by atoms with Gasteiger partial charge in [0, 0.05) is 22.8 Å². The second kappa shape index (κ2) is 4.53. The number of aromatic nitrogens is 1. The van der Waals surface area contributed by atoms with E-state index in [0.717, 1.165) is 28.3 Å². The van der Waals surface area contributed by atoms with Crippen LogP contribution in [0.1, 0.15) is 23.8 Å². The van der Waals surface area contributed by atoms with Crippen LogP contribution < -0.4 is 5.73 Å². The number of hydrogen-bond acceptors (Lipinski definition) is 4. The molecule has 0 bridgehead atoms. The zero-order valence-electron chi connectivity index (χ0n) is 9.64. The maximum Gasteiger partial charge on any atom is 0.0964 e. The molecule has 94 valence electrons. The maximum absolute atomic E-state index is 9.32. The molecular weight excluding hydrogens is 268 g/mol. The van der Waals surface area contributed by atoms with Crippen LogP contribution in [-0.4, -0.2) is 16.2 Å². The first-order valence-electron chi connectivity index (χ1n) is 5.82. The highest BCUT2D eigenvalue weighted by molar-refractivity contribution is 7.15. The van der Waals surface area contributed by atoms with Gasteiger partial charge >= 0.3 is 0 Å². The second-order valence-corrected chi connectivity index (χ2v) is 6.16. The van der Waals surface area contributed by atoms with Gasteiger partial charge in [-0.15, -0.1) is 11.3 Å². The number of hydrogen-bond donors (Lipinski definition) is 2. The Morgan fingerprint density at radius 2 is 2.11 bits per heavy atom. The average Bonchev–Trinajstić information content (AvgIpc) is 2.72. The van der Waals surface area contributed by atoms with Crippen LogP contribution >= 0.6 is 22.9 Å². The van der Waals surface area contributed by atoms with Crippen molar-refractivity contribution < 1.29 is 5.11 Å². The Hall–Kier alpha value is -1.10. The minimum atomic E-state index is -0.149. The van der Waals surface area contributed by atoms with Gasteiger partial charge in [-0.05, 0) is 36.6 Å². The van der Waals surface area contributed by atoms with Crippen molar-refractivity contribution in [2.45, 2.75) is 24.9 Å². The van der Waals surface area contributed by atoms with Crippen LogP contribution in [0.15, 0.2) is 24.4 Å². The lowest BCUT2D eigenvalue weighted by atomic mass is 9.83. The van der Waals surface area contributed by atoms with E-state index in [-0.39, 0.29) is 6.10 Å². The van der Waals surface area contributed by atoms with Gasteiger partial charge in [0.2, 0.25) is 0 Å². The van der Waals surface area contributed by atoms with Crippen molar-refractivity contribution >= 4 is 28.6 Å². The summed E-state index contributed by atoms with van der Waals surface area (Å²) in [7, 11) is 0. The molecule has 18 heavy (non-hydrogen) atoms. The number of aliphatic hydroxyl groups excluding tert-OH is 1. The Balaban J connectivity index is 1.88. The predicted molar refractivity (Wildman–Crippen MR) is 75.0 cm³/mol. The van der Waals surface area contributed by atoms with Crippen LogP contribution in [0.25, 0.3) is 10.4 Å². The van der Waals surface area contributed by atoms with Gasteiger partial charge in [0.25, 0.3) is 0 Å². The van der Waals surface area contributed by atoms with E-state index in [4.69, 9.17) is 17.3 Å². The Kier molecular flexibility index (Phi) is 3.01. The van der Waals surface area contributed by atoms with Gasteiger partial charge in [-0.3, -0.25) is 0 Å². The summed E-state index contributed by atoms with van der Waals surface area (Å²) < 4.78 is 0. The third-order valence-corrected chi connectivity index (χ3v) is 4.62. The predicted octanol–water partition coefficient (Wildman–Crippen LogP) is 3.28. The molecular formula is C13H13ClN2OS. The third kappa shape index (κ3) is 2.23. The Labute approximate surface area is 114 Å². The molecule has 0 radical (unpaired) electrons. The summed E-state index contributed by atoms with van der Waals surface area (Å²) in [6, 6.07) is 5.53. The number of rotatable bonds is 2. The topological polar surface area (TPSA) is 59.1 Å². The van der Waals surface area contributed by atoms with E-state index >= 15 is 0 Å². The lowest BCUT2D eigenvalue weighted by molar-refractivity contribution is 0.0745. The SMILES string of the molecule is Nc1cc(Cl)cc(-c2cnc(C3CC(O)C3)s2)c1. The lowest BCUT2D eigenvalue weighted by Crippen LogP contribution is -2.26. The summed E-state index contributed by atoms with van der Waals surface area (Å²) in [6.07, 6.45) is 3.36. The first kappa shape index (κ1) is 12.0. The molecule has 3 nitrogen and oxygen atoms in total. The molecule has 1 saturated carbocycles. The van der Waals surface area contributed by atoms with E-state index in [1.807, 2.05) is 18.3 Å². The summed E-state index contributed by atoms with van der Waals surface area (Å²) in [6.45, 7) is 0. The molecule has 0 amide bonds. The van der Waals surface area contributed by atoms with Crippen molar-refractivity contribution in [3.63, 3.8) is 0 Å². The zero-order valence-corrected chi connectivity index (χ0v) is 11.2. The highest BCUT2D eigenvalue weighted by atomic mass is 35.5. The smallest absolute Gasteiger partial charge is 0.0964 e.